The maximum absolute atomic E-state index is 12.5. The molecule has 24 heavy (non-hydrogen) atoms. The Labute approximate surface area is 140 Å². The van der Waals surface area contributed by atoms with Gasteiger partial charge < -0.3 is 15.0 Å². The van der Waals surface area contributed by atoms with Crippen molar-refractivity contribution < 1.29 is 14.3 Å². The number of carbonyl (C=O) groups is 2. The van der Waals surface area contributed by atoms with Crippen LogP contribution >= 0.6 is 0 Å². The zero-order valence-corrected chi connectivity index (χ0v) is 13.5. The Bertz CT molecular complexity index is 845. The van der Waals surface area contributed by atoms with Crippen LogP contribution in [0.25, 0.3) is 0 Å². The Kier molecular flexibility index (Phi) is 3.49. The van der Waals surface area contributed by atoms with Crippen LogP contribution in [0.3, 0.4) is 0 Å². The van der Waals surface area contributed by atoms with Crippen LogP contribution < -0.4 is 15.0 Å². The van der Waals surface area contributed by atoms with Gasteiger partial charge in [-0.05, 0) is 53.9 Å². The van der Waals surface area contributed by atoms with Crippen molar-refractivity contribution in [3.05, 3.63) is 53.1 Å². The molecule has 0 aromatic heterocycles. The predicted octanol–water partition coefficient (Wildman–Crippen LogP) is 2.78. The first-order valence-corrected chi connectivity index (χ1v) is 8.10. The van der Waals surface area contributed by atoms with Gasteiger partial charge in [0.05, 0.1) is 6.61 Å². The van der Waals surface area contributed by atoms with Crippen LogP contribution in [0.2, 0.25) is 0 Å². The zero-order valence-electron chi connectivity index (χ0n) is 13.5. The highest BCUT2D eigenvalue weighted by molar-refractivity contribution is 6.05. The minimum Gasteiger partial charge on any atom is -0.493 e. The molecule has 2 aromatic carbocycles. The first kappa shape index (κ1) is 14.8. The summed E-state index contributed by atoms with van der Waals surface area (Å²) in [6.45, 7) is 2.95. The molecule has 2 amide bonds. The Morgan fingerprint density at radius 1 is 1.08 bits per heavy atom. The quantitative estimate of drug-likeness (QED) is 0.925. The standard InChI is InChI=1S/C19H18N2O3/c1-12(22)21-8-6-13-11-16(3-4-17(13)21)20-19(23)15-2-5-18-14(10-15)7-9-24-18/h2-5,10-11H,6-9H2,1H3,(H,20,23). The summed E-state index contributed by atoms with van der Waals surface area (Å²) >= 11 is 0. The Balaban J connectivity index is 1.54. The third-order valence-electron chi connectivity index (χ3n) is 4.56. The Morgan fingerprint density at radius 2 is 1.96 bits per heavy atom. The number of ether oxygens (including phenoxy) is 1. The molecule has 2 heterocycles. The summed E-state index contributed by atoms with van der Waals surface area (Å²) in [6.07, 6.45) is 1.66. The molecule has 122 valence electrons. The van der Waals surface area contributed by atoms with Crippen LogP contribution in [0, 0.1) is 0 Å². The van der Waals surface area contributed by atoms with Crippen molar-refractivity contribution in [3.63, 3.8) is 0 Å². The van der Waals surface area contributed by atoms with E-state index in [2.05, 4.69) is 5.32 Å². The summed E-state index contributed by atoms with van der Waals surface area (Å²) in [5.74, 6) is 0.783. The van der Waals surface area contributed by atoms with E-state index in [9.17, 15) is 9.59 Å². The number of carbonyl (C=O) groups excluding carboxylic acids is 2. The molecular formula is C19H18N2O3. The van der Waals surface area contributed by atoms with Gasteiger partial charge in [0, 0.05) is 36.8 Å². The lowest BCUT2D eigenvalue weighted by Crippen LogP contribution is -2.25. The molecule has 5 heteroatoms. The van der Waals surface area contributed by atoms with E-state index in [1.54, 1.807) is 17.9 Å². The van der Waals surface area contributed by atoms with Crippen LogP contribution in [-0.4, -0.2) is 25.0 Å². The van der Waals surface area contributed by atoms with Crippen molar-refractivity contribution in [2.75, 3.05) is 23.4 Å². The van der Waals surface area contributed by atoms with Crippen LogP contribution in [0.4, 0.5) is 11.4 Å². The molecule has 0 spiro atoms. The number of hydrogen-bond donors (Lipinski definition) is 1. The van der Waals surface area contributed by atoms with Crippen molar-refractivity contribution in [3.8, 4) is 5.75 Å². The van der Waals surface area contributed by atoms with E-state index in [1.165, 1.54) is 0 Å². The second-order valence-electron chi connectivity index (χ2n) is 6.14. The smallest absolute Gasteiger partial charge is 0.255 e. The number of nitrogens with one attached hydrogen (secondary N) is 1. The largest absolute Gasteiger partial charge is 0.493 e. The lowest BCUT2D eigenvalue weighted by molar-refractivity contribution is -0.116. The van der Waals surface area contributed by atoms with Crippen molar-refractivity contribution >= 4 is 23.2 Å². The fourth-order valence-corrected chi connectivity index (χ4v) is 3.34. The summed E-state index contributed by atoms with van der Waals surface area (Å²) in [4.78, 5) is 25.8. The lowest BCUT2D eigenvalue weighted by Gasteiger charge is -2.15. The normalized spacial score (nSPS) is 14.8. The summed E-state index contributed by atoms with van der Waals surface area (Å²) in [6, 6.07) is 11.2. The van der Waals surface area contributed by atoms with E-state index in [-0.39, 0.29) is 11.8 Å². The van der Waals surface area contributed by atoms with Gasteiger partial charge in [0.1, 0.15) is 5.75 Å². The predicted molar refractivity (Wildman–Crippen MR) is 91.8 cm³/mol. The molecule has 4 rings (SSSR count). The second kappa shape index (κ2) is 5.67. The van der Waals surface area contributed by atoms with Gasteiger partial charge in [0.15, 0.2) is 0 Å². The van der Waals surface area contributed by atoms with Crippen LogP contribution in [0.1, 0.15) is 28.4 Å². The fourth-order valence-electron chi connectivity index (χ4n) is 3.34. The molecule has 5 nitrogen and oxygen atoms in total. The van der Waals surface area contributed by atoms with Crippen molar-refractivity contribution in [2.45, 2.75) is 19.8 Å². The van der Waals surface area contributed by atoms with Gasteiger partial charge in [-0.3, -0.25) is 9.59 Å². The minimum atomic E-state index is -0.133. The lowest BCUT2D eigenvalue weighted by atomic mass is 10.1. The third kappa shape index (κ3) is 2.52. The van der Waals surface area contributed by atoms with Crippen molar-refractivity contribution in [1.29, 1.82) is 0 Å². The first-order valence-electron chi connectivity index (χ1n) is 8.10. The molecule has 0 saturated heterocycles. The highest BCUT2D eigenvalue weighted by Crippen LogP contribution is 2.31. The van der Waals surface area contributed by atoms with Crippen LogP contribution in [0.15, 0.2) is 36.4 Å². The molecule has 0 fully saturated rings. The van der Waals surface area contributed by atoms with E-state index in [4.69, 9.17) is 4.74 Å². The Morgan fingerprint density at radius 3 is 2.79 bits per heavy atom. The molecule has 2 aromatic rings. The summed E-state index contributed by atoms with van der Waals surface area (Å²) in [5.41, 5.74) is 4.49. The van der Waals surface area contributed by atoms with E-state index >= 15 is 0 Å². The molecule has 2 aliphatic rings. The number of fused-ring (bicyclic) bond motifs is 2. The third-order valence-corrected chi connectivity index (χ3v) is 4.56. The van der Waals surface area contributed by atoms with Gasteiger partial charge in [0.25, 0.3) is 5.91 Å². The maximum Gasteiger partial charge on any atom is 0.255 e. The molecule has 2 aliphatic heterocycles. The van der Waals surface area contributed by atoms with Gasteiger partial charge in [-0.25, -0.2) is 0 Å². The van der Waals surface area contributed by atoms with E-state index in [0.717, 1.165) is 41.1 Å². The first-order chi connectivity index (χ1) is 11.6. The van der Waals surface area contributed by atoms with Gasteiger partial charge in [-0.1, -0.05) is 0 Å². The number of rotatable bonds is 2. The van der Waals surface area contributed by atoms with Crippen LogP contribution in [0.5, 0.6) is 5.75 Å². The van der Waals surface area contributed by atoms with E-state index in [0.29, 0.717) is 18.7 Å². The minimum absolute atomic E-state index is 0.0471. The zero-order chi connectivity index (χ0) is 16.7. The van der Waals surface area contributed by atoms with Crippen molar-refractivity contribution in [1.82, 2.24) is 0 Å². The average molecular weight is 322 g/mol. The molecule has 0 saturated carbocycles. The molecular weight excluding hydrogens is 304 g/mol. The number of hydrogen-bond acceptors (Lipinski definition) is 3. The van der Waals surface area contributed by atoms with Gasteiger partial charge >= 0.3 is 0 Å². The highest BCUT2D eigenvalue weighted by Gasteiger charge is 2.22. The van der Waals surface area contributed by atoms with Crippen LogP contribution in [-0.2, 0) is 17.6 Å². The number of nitrogens with zero attached hydrogens (tertiary/aromatic N) is 1. The van der Waals surface area contributed by atoms with Gasteiger partial charge in [0.2, 0.25) is 5.91 Å². The number of benzene rings is 2. The fraction of sp³-hybridized carbons (Fsp3) is 0.263. The maximum atomic E-state index is 12.5. The summed E-state index contributed by atoms with van der Waals surface area (Å²) in [7, 11) is 0. The number of anilines is 2. The van der Waals surface area contributed by atoms with Crippen molar-refractivity contribution in [2.24, 2.45) is 0 Å². The molecule has 0 bridgehead atoms. The summed E-state index contributed by atoms with van der Waals surface area (Å²) < 4.78 is 5.47. The molecule has 0 unspecified atom stereocenters. The Hall–Kier alpha value is -2.82. The monoisotopic (exact) mass is 322 g/mol. The van der Waals surface area contributed by atoms with Gasteiger partial charge in [-0.2, -0.15) is 0 Å². The molecule has 0 aliphatic carbocycles. The molecule has 0 atom stereocenters. The molecule has 0 radical (unpaired) electrons. The second-order valence-corrected chi connectivity index (χ2v) is 6.14. The number of amides is 2. The van der Waals surface area contributed by atoms with E-state index < -0.39 is 0 Å². The SMILES string of the molecule is CC(=O)N1CCc2cc(NC(=O)c3ccc4c(c3)CCO4)ccc21. The van der Waals surface area contributed by atoms with Gasteiger partial charge in [-0.15, -0.1) is 0 Å². The summed E-state index contributed by atoms with van der Waals surface area (Å²) in [5, 5.41) is 2.94. The average Bonchev–Trinajstić information content (AvgIpc) is 3.20. The molecule has 1 N–H and O–H groups in total. The van der Waals surface area contributed by atoms with E-state index in [1.807, 2.05) is 30.3 Å². The highest BCUT2D eigenvalue weighted by atomic mass is 16.5. The topological polar surface area (TPSA) is 58.6 Å².